The Kier molecular flexibility index (Phi) is 11.1. The van der Waals surface area contributed by atoms with E-state index < -0.39 is 49.6 Å². The minimum atomic E-state index is -4.16. The third-order valence-electron chi connectivity index (χ3n) is 6.51. The maximum absolute atomic E-state index is 13.4. The van der Waals surface area contributed by atoms with Crippen molar-refractivity contribution in [3.63, 3.8) is 0 Å². The van der Waals surface area contributed by atoms with Crippen LogP contribution in [0.15, 0.2) is 32.9 Å². The van der Waals surface area contributed by atoms with Crippen molar-refractivity contribution < 1.29 is 48.2 Å². The number of anilines is 1. The Balaban J connectivity index is 0.00000461. The summed E-state index contributed by atoms with van der Waals surface area (Å²) in [5.41, 5.74) is 7.16. The van der Waals surface area contributed by atoms with Crippen molar-refractivity contribution in [2.24, 2.45) is 0 Å². The van der Waals surface area contributed by atoms with Gasteiger partial charge in [-0.1, -0.05) is 43.2 Å². The van der Waals surface area contributed by atoms with Crippen LogP contribution in [0, 0.1) is 0 Å². The number of nitrogens with two attached hydrogens (primary N) is 1. The average molecular weight is 965 g/mol. The van der Waals surface area contributed by atoms with Gasteiger partial charge in [0.15, 0.2) is 0 Å². The Morgan fingerprint density at radius 2 is 1.62 bits per heavy atom. The van der Waals surface area contributed by atoms with E-state index in [4.69, 9.17) is 29.5 Å². The van der Waals surface area contributed by atoms with Gasteiger partial charge in [-0.2, -0.15) is 0 Å². The summed E-state index contributed by atoms with van der Waals surface area (Å²) < 4.78 is 30.1. The fourth-order valence-electron chi connectivity index (χ4n) is 4.48. The van der Waals surface area contributed by atoms with E-state index in [0.29, 0.717) is 26.5 Å². The van der Waals surface area contributed by atoms with Gasteiger partial charge in [-0.15, -0.1) is 0 Å². The van der Waals surface area contributed by atoms with Gasteiger partial charge in [-0.05, 0) is 23.3 Å². The number of aromatic nitrogens is 3. The smallest absolute Gasteiger partial charge is 0.475 e. The number of phosphoric acid groups is 1. The third-order valence-corrected chi connectivity index (χ3v) is 12.5. The molecule has 4 unspecified atom stereocenters. The Labute approximate surface area is 264 Å². The van der Waals surface area contributed by atoms with Crippen molar-refractivity contribution in [2.75, 3.05) is 23.8 Å². The summed E-state index contributed by atoms with van der Waals surface area (Å²) in [5.74, 6) is -2.40. The number of aliphatic carboxylic acids is 2. The summed E-state index contributed by atoms with van der Waals surface area (Å²) in [6.07, 6.45) is -1.22. The summed E-state index contributed by atoms with van der Waals surface area (Å²) in [6, 6.07) is 1.71. The Hall–Kier alpha value is -3.23. The molecule has 9 N–H and O–H groups in total. The number of hydrogen-bond donors (Lipinski definition) is 8. The van der Waals surface area contributed by atoms with E-state index in [9.17, 15) is 29.2 Å². The minimum absolute atomic E-state index is 0. The van der Waals surface area contributed by atoms with Gasteiger partial charge in [0, 0.05) is 21.6 Å². The van der Waals surface area contributed by atoms with Crippen LogP contribution >= 0.6 is 51.0 Å². The van der Waals surface area contributed by atoms with Crippen LogP contribution in [0.5, 0.6) is 0 Å². The van der Waals surface area contributed by atoms with Crippen molar-refractivity contribution in [1.82, 2.24) is 20.3 Å². The second-order valence-electron chi connectivity index (χ2n) is 9.49. The Bertz CT molecular complexity index is 1630. The maximum Gasteiger partial charge on any atom is 0.475 e. The van der Waals surface area contributed by atoms with Gasteiger partial charge in [0.2, 0.25) is 5.95 Å². The normalized spacial score (nSPS) is 22.4. The van der Waals surface area contributed by atoms with Gasteiger partial charge in [-0.25, -0.2) is 9.55 Å². The fourth-order valence-corrected chi connectivity index (χ4v) is 9.99. The first-order valence-electron chi connectivity index (χ1n) is 12.6. The zero-order chi connectivity index (χ0) is 31.6. The molecule has 0 saturated carbocycles. The number of carboxylic acids is 2. The molecule has 0 aliphatic carbocycles. The van der Waals surface area contributed by atoms with Crippen LogP contribution < -0.4 is 16.6 Å². The quantitative estimate of drug-likeness (QED) is 0.0955. The Morgan fingerprint density at radius 3 is 2.18 bits per heavy atom. The monoisotopic (exact) mass is 964 g/mol. The summed E-state index contributed by atoms with van der Waals surface area (Å²) >= 11 is 0. The molecule has 4 atom stereocenters. The zero-order valence-corrected chi connectivity index (χ0v) is 29.2. The zero-order valence-electron chi connectivity index (χ0n) is 22.6. The van der Waals surface area contributed by atoms with Gasteiger partial charge in [0.25, 0.3) is 5.56 Å². The van der Waals surface area contributed by atoms with E-state index in [0.717, 1.165) is 21.6 Å². The van der Waals surface area contributed by atoms with Gasteiger partial charge in [0.05, 0.1) is 38.0 Å². The second kappa shape index (κ2) is 14.5. The molecule has 1 aromatic carbocycles. The molecule has 1 saturated heterocycles. The number of rotatable bonds is 12. The molecule has 1 fully saturated rings. The van der Waals surface area contributed by atoms with E-state index >= 15 is 0 Å². The number of nitrogen functional groups attached to an aromatic ring is 1. The van der Waals surface area contributed by atoms with Gasteiger partial charge < -0.3 is 36.5 Å². The molecular formula is C23H26FmN5O11PS4. The molecule has 3 aromatic rings. The molecular weight excluding hydrogens is 939 g/mol. The topological polar surface area (TPSA) is 259 Å². The predicted molar refractivity (Wildman–Crippen MR) is 164 cm³/mol. The number of nitrogens with zero attached hydrogens (tertiary/aromatic N) is 1. The molecule has 0 radical (unpaired) electrons. The molecule has 2 aliphatic heterocycles. The number of aromatic amines is 2. The number of phosphoric ester groups is 1. The van der Waals surface area contributed by atoms with E-state index in [1.807, 2.05) is 0 Å². The van der Waals surface area contributed by atoms with Crippen molar-refractivity contribution in [3.05, 3.63) is 45.4 Å². The number of aliphatic hydroxyl groups excluding tert-OH is 2. The summed E-state index contributed by atoms with van der Waals surface area (Å²) in [4.78, 5) is 44.8. The van der Waals surface area contributed by atoms with Crippen LogP contribution in [0.1, 0.15) is 22.7 Å². The first-order chi connectivity index (χ1) is 20.9. The van der Waals surface area contributed by atoms with Crippen molar-refractivity contribution in [1.29, 1.82) is 0 Å². The molecule has 0 spiro atoms. The van der Waals surface area contributed by atoms with Crippen LogP contribution in [0.25, 0.3) is 11.0 Å². The van der Waals surface area contributed by atoms with Crippen molar-refractivity contribution in [3.8, 4) is 0 Å². The van der Waals surface area contributed by atoms with Crippen molar-refractivity contribution in [2.45, 2.75) is 47.3 Å². The van der Waals surface area contributed by atoms with Crippen molar-refractivity contribution >= 4 is 79.9 Å². The number of carboxylic acid groups (broad SMARTS) is 2. The van der Waals surface area contributed by atoms with Gasteiger partial charge in [0.1, 0.15) is 28.6 Å². The molecule has 16 nitrogen and oxygen atoms in total. The molecule has 0 amide bonds. The van der Waals surface area contributed by atoms with E-state index in [2.05, 4.69) is 20.3 Å². The second-order valence-corrected chi connectivity index (χ2v) is 15.8. The standard InChI is InChI=1S/C23H26N5O11PS4.Fm/c24-23-27-17-11(3-25-19(17)22(35)28-23)18-21(34)20(33)12(26-18)6-39-40(36)37-4-9-1-13(43-41-7-15(29)30)14(2-10(9)5-38-40)44-42-8-16(31)32;/h1-3,12,18,20-21,25-26,33-34H,4-8H2,(H,29,30)(H,31,32)(H3,24,27,28,35);. The molecule has 22 heteroatoms. The van der Waals surface area contributed by atoms with Gasteiger partial charge in [-0.3, -0.25) is 32.9 Å². The van der Waals surface area contributed by atoms with Crippen LogP contribution in [0.2, 0.25) is 0 Å². The minimum Gasteiger partial charge on any atom is -0.481 e. The van der Waals surface area contributed by atoms with Crippen LogP contribution in [0.4, 0.5) is 5.95 Å². The largest absolute Gasteiger partial charge is 0.481 e. The number of fused-ring (bicyclic) bond motifs is 2. The molecule has 5 rings (SSSR count). The third kappa shape index (κ3) is 7.95. The molecule has 0 bridgehead atoms. The predicted octanol–water partition coefficient (Wildman–Crippen LogP) is 2.09. The molecule has 45 heavy (non-hydrogen) atoms. The first kappa shape index (κ1) is 34.6. The number of aliphatic hydroxyl groups is 2. The van der Waals surface area contributed by atoms with Gasteiger partial charge >= 0.3 is 19.8 Å². The van der Waals surface area contributed by atoms with Crippen LogP contribution in [-0.2, 0) is 40.9 Å². The summed E-state index contributed by atoms with van der Waals surface area (Å²) in [6.45, 7) is -0.708. The van der Waals surface area contributed by atoms with E-state index in [1.54, 1.807) is 12.1 Å². The fraction of sp³-hybridized carbons (Fsp3) is 0.391. The van der Waals surface area contributed by atoms with E-state index in [-0.39, 0.29) is 48.3 Å². The number of nitrogens with one attached hydrogen (secondary N) is 3. The summed E-state index contributed by atoms with van der Waals surface area (Å²) in [7, 11) is 0.441. The number of benzene rings is 1. The molecule has 4 heterocycles. The number of H-pyrrole nitrogens is 2. The van der Waals surface area contributed by atoms with Crippen LogP contribution in [0.3, 0.4) is 0 Å². The maximum atomic E-state index is 13.4. The molecule has 2 aromatic heterocycles. The number of carbonyl (C=O) groups is 2. The summed E-state index contributed by atoms with van der Waals surface area (Å²) in [5, 5.41) is 42.5. The first-order valence-corrected chi connectivity index (χ1v) is 18.7. The SMILES string of the molecule is Nc1nc2c(C3NC(COP4(=O)OCc5cc(SSCC(=O)O)c(SSCC(=O)O)cc5CO4)C(O)C3O)c[nH]c2c(=O)[nH]1.[Fm]. The molecule has 250 valence electrons. The van der Waals surface area contributed by atoms with E-state index in [1.165, 1.54) is 27.8 Å². The molecule has 2 aliphatic rings. The number of hydrogen-bond acceptors (Lipinski definition) is 16. The average Bonchev–Trinajstić information content (AvgIpc) is 3.45. The Morgan fingerprint density at radius 1 is 1.04 bits per heavy atom. The van der Waals surface area contributed by atoms with Crippen LogP contribution in [-0.4, -0.2) is 83.7 Å².